The van der Waals surface area contributed by atoms with Crippen LogP contribution in [0.3, 0.4) is 0 Å². The predicted octanol–water partition coefficient (Wildman–Crippen LogP) is 4.36. The monoisotopic (exact) mass is 270 g/mol. The van der Waals surface area contributed by atoms with Crippen LogP contribution in [-0.2, 0) is 9.09 Å². The quantitative estimate of drug-likeness (QED) is 0.459. The van der Waals surface area contributed by atoms with Crippen LogP contribution >= 0.6 is 29.7 Å². The molecule has 0 radical (unpaired) electrons. The standard InChI is InChI=1S/C10H23O2PS2/c1-5-13(11,12-9-10(3)4)15-8-7-14-6-2/h10H,5-9H2,1-4H3. The lowest BCUT2D eigenvalue weighted by Gasteiger charge is -2.17. The Hall–Kier alpha value is 0.890. The number of hydrogen-bond donors (Lipinski definition) is 0. The summed E-state index contributed by atoms with van der Waals surface area (Å²) in [6, 6.07) is 0. The molecule has 0 aliphatic rings. The first-order chi connectivity index (χ1) is 7.04. The molecule has 92 valence electrons. The molecule has 0 aromatic heterocycles. The van der Waals surface area contributed by atoms with E-state index in [0.29, 0.717) is 18.7 Å². The van der Waals surface area contributed by atoms with Gasteiger partial charge >= 0.3 is 0 Å². The van der Waals surface area contributed by atoms with Gasteiger partial charge < -0.3 is 4.52 Å². The second-order valence-electron chi connectivity index (χ2n) is 3.65. The third-order valence-corrected chi connectivity index (χ3v) is 7.79. The van der Waals surface area contributed by atoms with Crippen LogP contribution in [0.2, 0.25) is 0 Å². The summed E-state index contributed by atoms with van der Waals surface area (Å²) < 4.78 is 17.7. The molecule has 0 amide bonds. The molecule has 15 heavy (non-hydrogen) atoms. The van der Waals surface area contributed by atoms with Crippen LogP contribution in [-0.4, -0.2) is 30.0 Å². The van der Waals surface area contributed by atoms with Crippen LogP contribution < -0.4 is 0 Å². The minimum Gasteiger partial charge on any atom is -0.321 e. The zero-order valence-electron chi connectivity index (χ0n) is 10.2. The summed E-state index contributed by atoms with van der Waals surface area (Å²) in [4.78, 5) is 0. The summed E-state index contributed by atoms with van der Waals surface area (Å²) in [5, 5.41) is 0. The van der Waals surface area contributed by atoms with Crippen molar-refractivity contribution in [3.63, 3.8) is 0 Å². The molecule has 0 aliphatic heterocycles. The summed E-state index contributed by atoms with van der Waals surface area (Å²) in [6.07, 6.45) is 0.640. The van der Waals surface area contributed by atoms with E-state index in [4.69, 9.17) is 4.52 Å². The molecular weight excluding hydrogens is 247 g/mol. The second-order valence-corrected chi connectivity index (χ2v) is 10.3. The highest BCUT2D eigenvalue weighted by molar-refractivity contribution is 8.56. The molecule has 2 nitrogen and oxygen atoms in total. The topological polar surface area (TPSA) is 26.3 Å². The molecule has 0 aromatic carbocycles. The summed E-state index contributed by atoms with van der Waals surface area (Å²) in [6.45, 7) is 6.47. The van der Waals surface area contributed by atoms with Crippen LogP contribution in [0.15, 0.2) is 0 Å². The fraction of sp³-hybridized carbons (Fsp3) is 1.00. The van der Waals surface area contributed by atoms with Gasteiger partial charge in [-0.3, -0.25) is 4.57 Å². The summed E-state index contributed by atoms with van der Waals surface area (Å²) >= 11 is 3.40. The van der Waals surface area contributed by atoms with E-state index in [0.717, 1.165) is 17.3 Å². The Morgan fingerprint density at radius 3 is 2.40 bits per heavy atom. The molecular formula is C10H23O2PS2. The van der Waals surface area contributed by atoms with E-state index < -0.39 is 6.57 Å². The molecule has 0 rings (SSSR count). The number of thioether (sulfide) groups is 1. The molecule has 0 saturated heterocycles. The van der Waals surface area contributed by atoms with Crippen molar-refractivity contribution in [2.75, 3.05) is 30.0 Å². The van der Waals surface area contributed by atoms with Gasteiger partial charge in [0.2, 0.25) is 0 Å². The molecule has 0 fully saturated rings. The van der Waals surface area contributed by atoms with Gasteiger partial charge in [-0.15, -0.1) is 0 Å². The van der Waals surface area contributed by atoms with Crippen LogP contribution in [0.4, 0.5) is 0 Å². The highest BCUT2D eigenvalue weighted by Crippen LogP contribution is 2.59. The Balaban J connectivity index is 3.81. The Kier molecular flexibility index (Phi) is 9.51. The first-order valence-corrected chi connectivity index (χ1v) is 10.1. The van der Waals surface area contributed by atoms with Gasteiger partial charge in [0.25, 0.3) is 6.57 Å². The maximum absolute atomic E-state index is 12.2. The molecule has 5 heteroatoms. The third-order valence-electron chi connectivity index (χ3n) is 1.71. The molecule has 0 N–H and O–H groups in total. The molecule has 0 spiro atoms. The van der Waals surface area contributed by atoms with Crippen molar-refractivity contribution in [2.45, 2.75) is 27.7 Å². The van der Waals surface area contributed by atoms with Crippen molar-refractivity contribution >= 4 is 29.7 Å². The maximum atomic E-state index is 12.2. The highest BCUT2D eigenvalue weighted by atomic mass is 32.7. The molecule has 0 heterocycles. The average molecular weight is 270 g/mol. The van der Waals surface area contributed by atoms with Gasteiger partial charge in [-0.05, 0) is 11.7 Å². The average Bonchev–Trinajstić information content (AvgIpc) is 2.22. The second kappa shape index (κ2) is 8.98. The van der Waals surface area contributed by atoms with Crippen LogP contribution in [0.1, 0.15) is 27.7 Å². The van der Waals surface area contributed by atoms with Crippen LogP contribution in [0.5, 0.6) is 0 Å². The van der Waals surface area contributed by atoms with E-state index >= 15 is 0 Å². The van der Waals surface area contributed by atoms with E-state index in [2.05, 4.69) is 20.8 Å². The summed E-state index contributed by atoms with van der Waals surface area (Å²) in [7, 11) is 0. The largest absolute Gasteiger partial charge is 0.321 e. The maximum Gasteiger partial charge on any atom is 0.257 e. The molecule has 1 unspecified atom stereocenters. The molecule has 0 aromatic rings. The Morgan fingerprint density at radius 2 is 1.93 bits per heavy atom. The first kappa shape index (κ1) is 15.9. The van der Waals surface area contributed by atoms with Crippen LogP contribution in [0.25, 0.3) is 0 Å². The Morgan fingerprint density at radius 1 is 1.27 bits per heavy atom. The fourth-order valence-electron chi connectivity index (χ4n) is 0.862. The van der Waals surface area contributed by atoms with Gasteiger partial charge in [0.05, 0.1) is 6.61 Å². The molecule has 0 bridgehead atoms. The van der Waals surface area contributed by atoms with Crippen molar-refractivity contribution in [2.24, 2.45) is 5.92 Å². The van der Waals surface area contributed by atoms with Gasteiger partial charge in [0.15, 0.2) is 0 Å². The molecule has 0 saturated carbocycles. The van der Waals surface area contributed by atoms with Crippen molar-refractivity contribution < 1.29 is 9.09 Å². The molecule has 1 atom stereocenters. The van der Waals surface area contributed by atoms with Crippen molar-refractivity contribution in [3.8, 4) is 0 Å². The Labute approximate surface area is 103 Å². The normalized spacial score (nSPS) is 15.5. The van der Waals surface area contributed by atoms with E-state index in [1.54, 1.807) is 0 Å². The lowest BCUT2D eigenvalue weighted by atomic mass is 10.2. The summed E-state index contributed by atoms with van der Waals surface area (Å²) in [5.74, 6) is 3.58. The van der Waals surface area contributed by atoms with E-state index in [-0.39, 0.29) is 0 Å². The Bertz CT molecular complexity index is 198. The van der Waals surface area contributed by atoms with Crippen molar-refractivity contribution in [3.05, 3.63) is 0 Å². The van der Waals surface area contributed by atoms with Gasteiger partial charge in [-0.2, -0.15) is 11.8 Å². The van der Waals surface area contributed by atoms with E-state index in [9.17, 15) is 4.57 Å². The lowest BCUT2D eigenvalue weighted by Crippen LogP contribution is -2.01. The lowest BCUT2D eigenvalue weighted by molar-refractivity contribution is 0.280. The van der Waals surface area contributed by atoms with Crippen LogP contribution in [0, 0.1) is 5.92 Å². The first-order valence-electron chi connectivity index (χ1n) is 5.50. The minimum absolute atomic E-state index is 0.454. The van der Waals surface area contributed by atoms with Gasteiger partial charge in [0.1, 0.15) is 0 Å². The minimum atomic E-state index is -2.39. The highest BCUT2D eigenvalue weighted by Gasteiger charge is 2.21. The number of hydrogen-bond acceptors (Lipinski definition) is 4. The zero-order valence-corrected chi connectivity index (χ0v) is 12.7. The smallest absolute Gasteiger partial charge is 0.257 e. The predicted molar refractivity (Wildman–Crippen MR) is 74.4 cm³/mol. The molecule has 0 aliphatic carbocycles. The number of rotatable bonds is 9. The van der Waals surface area contributed by atoms with E-state index in [1.807, 2.05) is 18.7 Å². The van der Waals surface area contributed by atoms with Gasteiger partial charge in [-0.25, -0.2) is 0 Å². The van der Waals surface area contributed by atoms with Crippen molar-refractivity contribution in [1.82, 2.24) is 0 Å². The van der Waals surface area contributed by atoms with Crippen molar-refractivity contribution in [1.29, 1.82) is 0 Å². The van der Waals surface area contributed by atoms with Gasteiger partial charge in [0, 0.05) is 17.7 Å². The fourth-order valence-corrected chi connectivity index (χ4v) is 5.62. The van der Waals surface area contributed by atoms with Gasteiger partial charge in [-0.1, -0.05) is 39.1 Å². The summed E-state index contributed by atoms with van der Waals surface area (Å²) in [5.41, 5.74) is 0. The SMILES string of the molecule is CCSCCSP(=O)(CC)OCC(C)C. The zero-order chi connectivity index (χ0) is 11.7. The van der Waals surface area contributed by atoms with E-state index in [1.165, 1.54) is 11.4 Å². The third kappa shape index (κ3) is 8.67.